The third-order valence-corrected chi connectivity index (χ3v) is 3.51. The maximum absolute atomic E-state index is 13.7. The number of halogens is 1. The minimum Gasteiger partial charge on any atom is -0.494 e. The number of hydrogen-bond donors (Lipinski definition) is 1. The van der Waals surface area contributed by atoms with Gasteiger partial charge in [-0.05, 0) is 18.1 Å². The highest BCUT2D eigenvalue weighted by atomic mass is 19.1. The van der Waals surface area contributed by atoms with E-state index in [1.165, 1.54) is 7.11 Å². The van der Waals surface area contributed by atoms with Crippen LogP contribution >= 0.6 is 0 Å². The number of methoxy groups -OCH3 is 1. The summed E-state index contributed by atoms with van der Waals surface area (Å²) in [6.07, 6.45) is 0. The number of piperazine rings is 1. The van der Waals surface area contributed by atoms with E-state index in [2.05, 4.69) is 24.1 Å². The molecule has 1 aliphatic rings. The molecule has 3 nitrogen and oxygen atoms in total. The second-order valence-electron chi connectivity index (χ2n) is 5.07. The molecule has 18 heavy (non-hydrogen) atoms. The van der Waals surface area contributed by atoms with Crippen molar-refractivity contribution in [1.82, 2.24) is 5.32 Å². The van der Waals surface area contributed by atoms with Gasteiger partial charge in [-0.25, -0.2) is 4.39 Å². The lowest BCUT2D eigenvalue weighted by Gasteiger charge is -2.37. The normalized spacial score (nSPS) is 20.3. The van der Waals surface area contributed by atoms with Crippen LogP contribution in [0.25, 0.3) is 0 Å². The molecule has 0 aromatic heterocycles. The number of nitrogens with zero attached hydrogens (tertiary/aromatic N) is 1. The number of rotatable bonds is 3. The average molecular weight is 252 g/mol. The van der Waals surface area contributed by atoms with Crippen molar-refractivity contribution in [1.29, 1.82) is 0 Å². The molecule has 2 rings (SSSR count). The van der Waals surface area contributed by atoms with Gasteiger partial charge in [0.1, 0.15) is 0 Å². The quantitative estimate of drug-likeness (QED) is 0.893. The van der Waals surface area contributed by atoms with Crippen LogP contribution in [0, 0.1) is 11.7 Å². The summed E-state index contributed by atoms with van der Waals surface area (Å²) in [6, 6.07) is 5.63. The van der Waals surface area contributed by atoms with Crippen molar-refractivity contribution >= 4 is 5.69 Å². The highest BCUT2D eigenvalue weighted by Gasteiger charge is 2.22. The van der Waals surface area contributed by atoms with Gasteiger partial charge in [-0.3, -0.25) is 0 Å². The molecular formula is C14H21FN2O. The summed E-state index contributed by atoms with van der Waals surface area (Å²) in [6.45, 7) is 7.18. The molecule has 1 unspecified atom stereocenters. The lowest BCUT2D eigenvalue weighted by atomic mass is 10.0. The van der Waals surface area contributed by atoms with Crippen LogP contribution in [-0.4, -0.2) is 32.8 Å². The van der Waals surface area contributed by atoms with Gasteiger partial charge in [0.05, 0.1) is 7.11 Å². The second kappa shape index (κ2) is 5.57. The van der Waals surface area contributed by atoms with Crippen molar-refractivity contribution in [2.45, 2.75) is 19.9 Å². The van der Waals surface area contributed by atoms with Gasteiger partial charge in [-0.2, -0.15) is 0 Å². The predicted octanol–water partition coefficient (Wildman–Crippen LogP) is 2.27. The lowest BCUT2D eigenvalue weighted by molar-refractivity contribution is 0.367. The Morgan fingerprint density at radius 3 is 2.83 bits per heavy atom. The summed E-state index contributed by atoms with van der Waals surface area (Å²) in [5.74, 6) is 0.583. The monoisotopic (exact) mass is 252 g/mol. The first-order valence-corrected chi connectivity index (χ1v) is 6.43. The van der Waals surface area contributed by atoms with E-state index in [4.69, 9.17) is 4.74 Å². The van der Waals surface area contributed by atoms with E-state index in [0.717, 1.165) is 25.3 Å². The summed E-state index contributed by atoms with van der Waals surface area (Å²) in [4.78, 5) is 2.23. The molecule has 1 aliphatic heterocycles. The average Bonchev–Trinajstić information content (AvgIpc) is 2.38. The van der Waals surface area contributed by atoms with Gasteiger partial charge in [0.15, 0.2) is 11.6 Å². The standard InChI is InChI=1S/C14H21FN2O/c1-10(2)13-9-17(7-6-16-13)11-4-5-14(18-3)12(15)8-11/h4-5,8,10,13,16H,6-7,9H2,1-3H3. The summed E-state index contributed by atoms with van der Waals surface area (Å²) >= 11 is 0. The van der Waals surface area contributed by atoms with Gasteiger partial charge in [-0.15, -0.1) is 0 Å². The first-order valence-electron chi connectivity index (χ1n) is 6.43. The topological polar surface area (TPSA) is 24.5 Å². The van der Waals surface area contributed by atoms with E-state index in [9.17, 15) is 4.39 Å². The first-order chi connectivity index (χ1) is 8.61. The van der Waals surface area contributed by atoms with E-state index in [0.29, 0.717) is 17.7 Å². The second-order valence-corrected chi connectivity index (χ2v) is 5.07. The third-order valence-electron chi connectivity index (χ3n) is 3.51. The lowest BCUT2D eigenvalue weighted by Crippen LogP contribution is -2.53. The Balaban J connectivity index is 2.13. The van der Waals surface area contributed by atoms with Crippen molar-refractivity contribution in [3.63, 3.8) is 0 Å². The molecule has 1 heterocycles. The molecule has 1 fully saturated rings. The molecule has 0 radical (unpaired) electrons. The number of benzene rings is 1. The van der Waals surface area contributed by atoms with Crippen LogP contribution in [0.1, 0.15) is 13.8 Å². The van der Waals surface area contributed by atoms with Crippen molar-refractivity contribution in [3.05, 3.63) is 24.0 Å². The highest BCUT2D eigenvalue weighted by molar-refractivity contribution is 5.50. The number of hydrogen-bond acceptors (Lipinski definition) is 3. The number of ether oxygens (including phenoxy) is 1. The Morgan fingerprint density at radius 1 is 1.44 bits per heavy atom. The van der Waals surface area contributed by atoms with Crippen molar-refractivity contribution < 1.29 is 9.13 Å². The predicted molar refractivity (Wildman–Crippen MR) is 71.8 cm³/mol. The molecular weight excluding hydrogens is 231 g/mol. The molecule has 1 atom stereocenters. The van der Waals surface area contributed by atoms with E-state index >= 15 is 0 Å². The molecule has 0 bridgehead atoms. The zero-order valence-corrected chi connectivity index (χ0v) is 11.2. The maximum Gasteiger partial charge on any atom is 0.167 e. The minimum absolute atomic E-state index is 0.297. The van der Waals surface area contributed by atoms with Crippen LogP contribution in [0.15, 0.2) is 18.2 Å². The van der Waals surface area contributed by atoms with Crippen molar-refractivity contribution in [3.8, 4) is 5.75 Å². The van der Waals surface area contributed by atoms with Crippen LogP contribution in [-0.2, 0) is 0 Å². The molecule has 100 valence electrons. The van der Waals surface area contributed by atoms with Gasteiger partial charge < -0.3 is 15.0 Å². The van der Waals surface area contributed by atoms with E-state index in [-0.39, 0.29) is 5.82 Å². The summed E-state index contributed by atoms with van der Waals surface area (Å²) < 4.78 is 18.6. The molecule has 4 heteroatoms. The van der Waals surface area contributed by atoms with Gasteiger partial charge in [-0.1, -0.05) is 13.8 Å². The van der Waals surface area contributed by atoms with Crippen LogP contribution in [0.5, 0.6) is 5.75 Å². The fraction of sp³-hybridized carbons (Fsp3) is 0.571. The van der Waals surface area contributed by atoms with Gasteiger partial charge in [0.25, 0.3) is 0 Å². The Bertz CT molecular complexity index is 409. The maximum atomic E-state index is 13.7. The van der Waals surface area contributed by atoms with Gasteiger partial charge >= 0.3 is 0 Å². The fourth-order valence-electron chi connectivity index (χ4n) is 2.31. The summed E-state index contributed by atoms with van der Waals surface area (Å²) in [5, 5.41) is 3.50. The Hall–Kier alpha value is -1.29. The summed E-state index contributed by atoms with van der Waals surface area (Å²) in [5.41, 5.74) is 0.931. The van der Waals surface area contributed by atoms with Crippen molar-refractivity contribution in [2.75, 3.05) is 31.6 Å². The smallest absolute Gasteiger partial charge is 0.167 e. The highest BCUT2D eigenvalue weighted by Crippen LogP contribution is 2.24. The van der Waals surface area contributed by atoms with Crippen LogP contribution in [0.2, 0.25) is 0 Å². The Kier molecular flexibility index (Phi) is 4.07. The molecule has 1 N–H and O–H groups in total. The molecule has 1 aromatic rings. The SMILES string of the molecule is COc1ccc(N2CCNC(C(C)C)C2)cc1F. The molecule has 0 aliphatic carbocycles. The molecule has 0 saturated carbocycles. The number of nitrogens with one attached hydrogen (secondary N) is 1. The number of anilines is 1. The van der Waals surface area contributed by atoms with E-state index < -0.39 is 0 Å². The molecule has 0 spiro atoms. The van der Waals surface area contributed by atoms with Crippen molar-refractivity contribution in [2.24, 2.45) is 5.92 Å². The fourth-order valence-corrected chi connectivity index (χ4v) is 2.31. The largest absolute Gasteiger partial charge is 0.494 e. The molecule has 0 amide bonds. The Labute approximate surface area is 108 Å². The minimum atomic E-state index is -0.297. The third kappa shape index (κ3) is 2.75. The molecule has 1 saturated heterocycles. The van der Waals surface area contributed by atoms with Crippen LogP contribution in [0.4, 0.5) is 10.1 Å². The zero-order valence-electron chi connectivity index (χ0n) is 11.2. The van der Waals surface area contributed by atoms with E-state index in [1.807, 2.05) is 6.07 Å². The van der Waals surface area contributed by atoms with Crippen LogP contribution < -0.4 is 15.0 Å². The zero-order chi connectivity index (χ0) is 13.1. The van der Waals surface area contributed by atoms with Gasteiger partial charge in [0.2, 0.25) is 0 Å². The van der Waals surface area contributed by atoms with E-state index in [1.54, 1.807) is 12.1 Å². The van der Waals surface area contributed by atoms with Gasteiger partial charge in [0, 0.05) is 37.4 Å². The van der Waals surface area contributed by atoms with Crippen LogP contribution in [0.3, 0.4) is 0 Å². The first kappa shape index (κ1) is 13.1. The summed E-state index contributed by atoms with van der Waals surface area (Å²) in [7, 11) is 1.48. The Morgan fingerprint density at radius 2 is 2.22 bits per heavy atom. The molecule has 1 aromatic carbocycles.